The minimum absolute atomic E-state index is 0.0624. The standard InChI is InChI=1S/C21H26N4O2S/c1-27-18-4-2-3-17(8-18)25-13-22-24-20(25)28-12-19(26)23-21-9-14-5-15(10-21)7-16(6-14)11-21/h2-4,8,13-16H,5-7,9-12H2,1H3,(H,23,26). The van der Waals surface area contributed by atoms with E-state index in [1.807, 2.05) is 28.8 Å². The minimum atomic E-state index is 0.0624. The number of rotatable bonds is 6. The van der Waals surface area contributed by atoms with Crippen LogP contribution in [0, 0.1) is 17.8 Å². The van der Waals surface area contributed by atoms with Crippen molar-refractivity contribution in [2.45, 2.75) is 49.2 Å². The topological polar surface area (TPSA) is 69.0 Å². The van der Waals surface area contributed by atoms with Crippen molar-refractivity contribution in [1.29, 1.82) is 0 Å². The zero-order valence-electron chi connectivity index (χ0n) is 16.1. The first-order valence-corrected chi connectivity index (χ1v) is 11.1. The van der Waals surface area contributed by atoms with Crippen LogP contribution in [0.2, 0.25) is 0 Å². The molecule has 6 nitrogen and oxygen atoms in total. The summed E-state index contributed by atoms with van der Waals surface area (Å²) in [6, 6.07) is 7.75. The Labute approximate surface area is 169 Å². The first kappa shape index (κ1) is 18.0. The van der Waals surface area contributed by atoms with Crippen LogP contribution in [0.1, 0.15) is 38.5 Å². The lowest BCUT2D eigenvalue weighted by molar-refractivity contribution is -0.124. The number of amides is 1. The average molecular weight is 399 g/mol. The third kappa shape index (κ3) is 3.41. The Kier molecular flexibility index (Phi) is 4.57. The van der Waals surface area contributed by atoms with Crippen LogP contribution in [0.25, 0.3) is 5.69 Å². The summed E-state index contributed by atoms with van der Waals surface area (Å²) in [5.41, 5.74) is 0.987. The number of nitrogens with zero attached hydrogens (tertiary/aromatic N) is 3. The monoisotopic (exact) mass is 398 g/mol. The average Bonchev–Trinajstić information content (AvgIpc) is 3.13. The molecule has 0 unspecified atom stereocenters. The van der Waals surface area contributed by atoms with Gasteiger partial charge in [0, 0.05) is 11.6 Å². The van der Waals surface area contributed by atoms with Crippen molar-refractivity contribution >= 4 is 17.7 Å². The van der Waals surface area contributed by atoms with E-state index in [0.29, 0.717) is 10.9 Å². The lowest BCUT2D eigenvalue weighted by atomic mass is 9.53. The quantitative estimate of drug-likeness (QED) is 0.755. The van der Waals surface area contributed by atoms with Gasteiger partial charge in [-0.3, -0.25) is 9.36 Å². The molecule has 1 heterocycles. The number of hydrogen-bond acceptors (Lipinski definition) is 5. The summed E-state index contributed by atoms with van der Waals surface area (Å²) in [6.07, 6.45) is 9.35. The second kappa shape index (κ2) is 7.10. The molecular formula is C21H26N4O2S. The second-order valence-electron chi connectivity index (χ2n) is 8.72. The maximum absolute atomic E-state index is 12.8. The van der Waals surface area contributed by atoms with Gasteiger partial charge in [0.15, 0.2) is 5.16 Å². The van der Waals surface area contributed by atoms with E-state index in [-0.39, 0.29) is 11.4 Å². The van der Waals surface area contributed by atoms with Crippen LogP contribution in [0.3, 0.4) is 0 Å². The summed E-state index contributed by atoms with van der Waals surface area (Å²) in [7, 11) is 1.65. The summed E-state index contributed by atoms with van der Waals surface area (Å²) in [4.78, 5) is 12.8. The Morgan fingerprint density at radius 2 is 1.96 bits per heavy atom. The van der Waals surface area contributed by atoms with E-state index in [0.717, 1.165) is 29.2 Å². The predicted molar refractivity (Wildman–Crippen MR) is 108 cm³/mol. The fourth-order valence-corrected chi connectivity index (χ4v) is 6.71. The van der Waals surface area contributed by atoms with Crippen molar-refractivity contribution < 1.29 is 9.53 Å². The van der Waals surface area contributed by atoms with E-state index in [9.17, 15) is 4.79 Å². The Bertz CT molecular complexity index is 846. The summed E-state index contributed by atoms with van der Waals surface area (Å²) < 4.78 is 7.19. The predicted octanol–water partition coefficient (Wildman–Crippen LogP) is 3.45. The molecular weight excluding hydrogens is 372 g/mol. The molecule has 0 atom stereocenters. The van der Waals surface area contributed by atoms with E-state index >= 15 is 0 Å². The minimum Gasteiger partial charge on any atom is -0.497 e. The van der Waals surface area contributed by atoms with Crippen LogP contribution < -0.4 is 10.1 Å². The molecule has 6 rings (SSSR count). The van der Waals surface area contributed by atoms with Crippen LogP contribution in [0.5, 0.6) is 5.75 Å². The molecule has 0 saturated heterocycles. The highest BCUT2D eigenvalue weighted by Crippen LogP contribution is 2.55. The molecule has 1 aromatic carbocycles. The van der Waals surface area contributed by atoms with Crippen molar-refractivity contribution in [2.75, 3.05) is 12.9 Å². The molecule has 7 heteroatoms. The van der Waals surface area contributed by atoms with Gasteiger partial charge in [0.2, 0.25) is 5.91 Å². The zero-order chi connectivity index (χ0) is 19.1. The molecule has 4 bridgehead atoms. The number of nitrogens with one attached hydrogen (secondary N) is 1. The maximum Gasteiger partial charge on any atom is 0.230 e. The van der Waals surface area contributed by atoms with Crippen molar-refractivity contribution in [3.05, 3.63) is 30.6 Å². The normalized spacial score (nSPS) is 30.4. The van der Waals surface area contributed by atoms with Gasteiger partial charge in [-0.1, -0.05) is 17.8 Å². The van der Waals surface area contributed by atoms with Crippen LogP contribution in [-0.2, 0) is 4.79 Å². The van der Waals surface area contributed by atoms with E-state index in [1.54, 1.807) is 13.4 Å². The van der Waals surface area contributed by atoms with Crippen LogP contribution in [-0.4, -0.2) is 39.1 Å². The molecule has 4 aliphatic carbocycles. The number of carbonyl (C=O) groups excluding carboxylic acids is 1. The molecule has 2 aromatic rings. The number of ether oxygens (including phenoxy) is 1. The van der Waals surface area contributed by atoms with Gasteiger partial charge in [0.25, 0.3) is 0 Å². The van der Waals surface area contributed by atoms with E-state index < -0.39 is 0 Å². The van der Waals surface area contributed by atoms with Crippen LogP contribution in [0.4, 0.5) is 0 Å². The highest BCUT2D eigenvalue weighted by Gasteiger charge is 2.51. The smallest absolute Gasteiger partial charge is 0.230 e. The number of thioether (sulfide) groups is 1. The maximum atomic E-state index is 12.8. The fraction of sp³-hybridized carbons (Fsp3) is 0.571. The Hall–Kier alpha value is -2.02. The third-order valence-corrected chi connectivity index (χ3v) is 7.57. The van der Waals surface area contributed by atoms with E-state index in [2.05, 4.69) is 15.5 Å². The van der Waals surface area contributed by atoms with Crippen molar-refractivity contribution in [3.63, 3.8) is 0 Å². The van der Waals surface area contributed by atoms with Gasteiger partial charge in [-0.2, -0.15) is 0 Å². The number of methoxy groups -OCH3 is 1. The lowest BCUT2D eigenvalue weighted by Gasteiger charge is -2.56. The summed E-state index contributed by atoms with van der Waals surface area (Å²) in [5.74, 6) is 3.75. The number of hydrogen-bond donors (Lipinski definition) is 1. The molecule has 4 saturated carbocycles. The van der Waals surface area contributed by atoms with Crippen LogP contribution in [0.15, 0.2) is 35.7 Å². The molecule has 4 aliphatic rings. The van der Waals surface area contributed by atoms with Gasteiger partial charge in [0.05, 0.1) is 18.6 Å². The summed E-state index contributed by atoms with van der Waals surface area (Å²) in [5, 5.41) is 12.4. The van der Waals surface area contributed by atoms with Crippen molar-refractivity contribution in [2.24, 2.45) is 17.8 Å². The molecule has 0 spiro atoms. The SMILES string of the molecule is COc1cccc(-n2cnnc2SCC(=O)NC23CC4CC(CC(C4)C2)C3)c1. The Morgan fingerprint density at radius 1 is 1.25 bits per heavy atom. The first-order chi connectivity index (χ1) is 13.6. The second-order valence-corrected chi connectivity index (χ2v) is 9.66. The highest BCUT2D eigenvalue weighted by atomic mass is 32.2. The van der Waals surface area contributed by atoms with Gasteiger partial charge >= 0.3 is 0 Å². The number of aromatic nitrogens is 3. The van der Waals surface area contributed by atoms with Gasteiger partial charge in [-0.15, -0.1) is 10.2 Å². The number of carbonyl (C=O) groups is 1. The van der Waals surface area contributed by atoms with Crippen molar-refractivity contribution in [3.8, 4) is 11.4 Å². The van der Waals surface area contributed by atoms with Gasteiger partial charge in [0.1, 0.15) is 12.1 Å². The van der Waals surface area contributed by atoms with Crippen LogP contribution >= 0.6 is 11.8 Å². The Morgan fingerprint density at radius 3 is 2.64 bits per heavy atom. The molecule has 1 aromatic heterocycles. The largest absolute Gasteiger partial charge is 0.497 e. The van der Waals surface area contributed by atoms with Gasteiger partial charge in [-0.25, -0.2) is 0 Å². The summed E-state index contributed by atoms with van der Waals surface area (Å²) in [6.45, 7) is 0. The molecule has 148 valence electrons. The molecule has 1 amide bonds. The first-order valence-electron chi connectivity index (χ1n) is 10.1. The molecule has 28 heavy (non-hydrogen) atoms. The molecule has 4 fully saturated rings. The third-order valence-electron chi connectivity index (χ3n) is 6.62. The van der Waals surface area contributed by atoms with Gasteiger partial charge in [-0.05, 0) is 68.4 Å². The van der Waals surface area contributed by atoms with E-state index in [1.165, 1.54) is 50.3 Å². The zero-order valence-corrected chi connectivity index (χ0v) is 17.0. The lowest BCUT2D eigenvalue weighted by Crippen LogP contribution is -2.60. The number of benzene rings is 1. The fourth-order valence-electron chi connectivity index (χ4n) is 5.99. The summed E-state index contributed by atoms with van der Waals surface area (Å²) >= 11 is 1.44. The van der Waals surface area contributed by atoms with Gasteiger partial charge < -0.3 is 10.1 Å². The molecule has 1 N–H and O–H groups in total. The molecule has 0 radical (unpaired) electrons. The Balaban J connectivity index is 1.24. The van der Waals surface area contributed by atoms with E-state index in [4.69, 9.17) is 4.74 Å². The highest BCUT2D eigenvalue weighted by molar-refractivity contribution is 7.99. The van der Waals surface area contributed by atoms with Crippen molar-refractivity contribution in [1.82, 2.24) is 20.1 Å². The molecule has 0 aliphatic heterocycles.